The Morgan fingerprint density at radius 3 is 1.40 bits per heavy atom. The lowest BCUT2D eigenvalue weighted by molar-refractivity contribution is 1.17. The summed E-state index contributed by atoms with van der Waals surface area (Å²) in [5.41, 5.74) is 14.0. The lowest BCUT2D eigenvalue weighted by Gasteiger charge is -2.27. The molecule has 0 spiro atoms. The first-order chi connectivity index (χ1) is 30.7. The summed E-state index contributed by atoms with van der Waals surface area (Å²) in [6.07, 6.45) is 0. The summed E-state index contributed by atoms with van der Waals surface area (Å²) in [5.74, 6) is 0. The van der Waals surface area contributed by atoms with Crippen molar-refractivity contribution in [3.8, 4) is 39.1 Å². The van der Waals surface area contributed by atoms with Crippen LogP contribution in [0.3, 0.4) is 0 Å². The monoisotopic (exact) mass is 788 g/mol. The minimum Gasteiger partial charge on any atom is -0.310 e. The Bertz CT molecular complexity index is 3560. The number of benzene rings is 11. The molecule has 0 aliphatic rings. The highest BCUT2D eigenvalue weighted by Gasteiger charge is 2.18. The van der Waals surface area contributed by atoms with Crippen molar-refractivity contribution in [1.29, 1.82) is 0 Å². The molecule has 0 amide bonds. The lowest BCUT2D eigenvalue weighted by atomic mass is 9.93. The van der Waals surface area contributed by atoms with Crippen molar-refractivity contribution >= 4 is 71.2 Å². The molecule has 0 radical (unpaired) electrons. The van der Waals surface area contributed by atoms with Crippen molar-refractivity contribution in [2.24, 2.45) is 0 Å². The third-order valence-electron chi connectivity index (χ3n) is 12.6. The van der Waals surface area contributed by atoms with Gasteiger partial charge in [0.2, 0.25) is 0 Å². The van der Waals surface area contributed by atoms with Crippen LogP contribution >= 0.6 is 0 Å². The first-order valence-electron chi connectivity index (χ1n) is 21.3. The normalized spacial score (nSPS) is 11.5. The molecule has 1 heterocycles. The highest BCUT2D eigenvalue weighted by Crippen LogP contribution is 2.41. The van der Waals surface area contributed by atoms with Crippen LogP contribution in [0, 0.1) is 0 Å². The molecule has 0 saturated carbocycles. The maximum atomic E-state index is 2.39. The van der Waals surface area contributed by atoms with Gasteiger partial charge in [-0.2, -0.15) is 0 Å². The molecule has 11 aromatic carbocycles. The quantitative estimate of drug-likeness (QED) is 0.146. The average molecular weight is 789 g/mol. The van der Waals surface area contributed by atoms with Gasteiger partial charge in [0.1, 0.15) is 0 Å². The Morgan fingerprint density at radius 1 is 0.258 bits per heavy atom. The molecule has 2 nitrogen and oxygen atoms in total. The summed E-state index contributed by atoms with van der Waals surface area (Å²) in [5, 5.41) is 10.1. The Balaban J connectivity index is 0.959. The number of nitrogens with zero attached hydrogens (tertiary/aromatic N) is 2. The van der Waals surface area contributed by atoms with Crippen LogP contribution in [0.15, 0.2) is 243 Å². The van der Waals surface area contributed by atoms with Crippen LogP contribution < -0.4 is 4.90 Å². The van der Waals surface area contributed by atoms with Gasteiger partial charge in [-0.15, -0.1) is 0 Å². The van der Waals surface area contributed by atoms with Crippen LogP contribution in [0.1, 0.15) is 0 Å². The fraction of sp³-hybridized carbons (Fsp3) is 0. The van der Waals surface area contributed by atoms with Crippen LogP contribution in [-0.2, 0) is 0 Å². The van der Waals surface area contributed by atoms with Gasteiger partial charge in [-0.3, -0.25) is 0 Å². The second-order valence-corrected chi connectivity index (χ2v) is 16.1. The number of anilines is 3. The zero-order valence-electron chi connectivity index (χ0n) is 34.0. The van der Waals surface area contributed by atoms with Crippen molar-refractivity contribution in [1.82, 2.24) is 4.57 Å². The van der Waals surface area contributed by atoms with Gasteiger partial charge < -0.3 is 9.47 Å². The molecule has 0 fully saturated rings. The van der Waals surface area contributed by atoms with E-state index < -0.39 is 0 Å². The molecule has 2 heteroatoms. The highest BCUT2D eigenvalue weighted by atomic mass is 15.1. The van der Waals surface area contributed by atoms with Crippen LogP contribution in [0.25, 0.3) is 93.2 Å². The SMILES string of the molecule is c1cc(N(c2ccc(-c3ccc(-c4cccc5ccccc45)cc3)cc2)c2ccc(-c3cc4ccccc4c4ccccc34)cc2)cc(-n2c3ccccc3c3ccccc32)c1. The van der Waals surface area contributed by atoms with E-state index in [0.717, 1.165) is 22.7 Å². The first-order valence-corrected chi connectivity index (χ1v) is 21.3. The van der Waals surface area contributed by atoms with Gasteiger partial charge in [-0.05, 0) is 126 Å². The van der Waals surface area contributed by atoms with Crippen molar-refractivity contribution < 1.29 is 0 Å². The Hall–Kier alpha value is -8.20. The summed E-state index contributed by atoms with van der Waals surface area (Å²) >= 11 is 0. The van der Waals surface area contributed by atoms with E-state index >= 15 is 0 Å². The van der Waals surface area contributed by atoms with Crippen LogP contribution in [0.5, 0.6) is 0 Å². The molecule has 0 atom stereocenters. The van der Waals surface area contributed by atoms with E-state index in [9.17, 15) is 0 Å². The molecule has 12 rings (SSSR count). The summed E-state index contributed by atoms with van der Waals surface area (Å²) in [6, 6.07) is 88.4. The molecule has 0 N–H and O–H groups in total. The fourth-order valence-corrected chi connectivity index (χ4v) is 9.62. The zero-order valence-corrected chi connectivity index (χ0v) is 34.0. The second-order valence-electron chi connectivity index (χ2n) is 16.1. The van der Waals surface area contributed by atoms with Gasteiger partial charge in [0.25, 0.3) is 0 Å². The van der Waals surface area contributed by atoms with Gasteiger partial charge in [0.05, 0.1) is 11.0 Å². The van der Waals surface area contributed by atoms with E-state index in [1.807, 2.05) is 0 Å². The van der Waals surface area contributed by atoms with E-state index in [2.05, 4.69) is 252 Å². The Morgan fingerprint density at radius 2 is 0.726 bits per heavy atom. The van der Waals surface area contributed by atoms with E-state index in [4.69, 9.17) is 0 Å². The van der Waals surface area contributed by atoms with E-state index in [-0.39, 0.29) is 0 Å². The smallest absolute Gasteiger partial charge is 0.0541 e. The summed E-state index contributed by atoms with van der Waals surface area (Å²) in [6.45, 7) is 0. The maximum absolute atomic E-state index is 2.39. The van der Waals surface area contributed by atoms with Gasteiger partial charge in [0, 0.05) is 33.5 Å². The van der Waals surface area contributed by atoms with Gasteiger partial charge in [-0.1, -0.05) is 182 Å². The average Bonchev–Trinajstić information content (AvgIpc) is 3.69. The maximum Gasteiger partial charge on any atom is 0.0541 e. The van der Waals surface area contributed by atoms with Crippen molar-refractivity contribution in [2.75, 3.05) is 4.90 Å². The molecule has 12 aromatic rings. The zero-order chi connectivity index (χ0) is 41.0. The van der Waals surface area contributed by atoms with E-state index in [1.54, 1.807) is 0 Å². The Labute approximate surface area is 360 Å². The van der Waals surface area contributed by atoms with Crippen molar-refractivity contribution in [2.45, 2.75) is 0 Å². The third-order valence-corrected chi connectivity index (χ3v) is 12.6. The molecule has 1 aromatic heterocycles. The summed E-state index contributed by atoms with van der Waals surface area (Å²) in [7, 11) is 0. The van der Waals surface area contributed by atoms with Crippen LogP contribution in [-0.4, -0.2) is 4.57 Å². The number of fused-ring (bicyclic) bond motifs is 7. The second kappa shape index (κ2) is 14.8. The molecular weight excluding hydrogens is 749 g/mol. The number of para-hydroxylation sites is 2. The third kappa shape index (κ3) is 6.04. The van der Waals surface area contributed by atoms with Crippen LogP contribution in [0.2, 0.25) is 0 Å². The lowest BCUT2D eigenvalue weighted by Crippen LogP contribution is -2.10. The van der Waals surface area contributed by atoms with Crippen LogP contribution in [0.4, 0.5) is 17.1 Å². The number of rotatable bonds is 7. The molecule has 0 saturated heterocycles. The minimum atomic E-state index is 1.08. The fourth-order valence-electron chi connectivity index (χ4n) is 9.62. The number of hydrogen-bond donors (Lipinski definition) is 0. The Kier molecular flexibility index (Phi) is 8.53. The van der Waals surface area contributed by atoms with Gasteiger partial charge >= 0.3 is 0 Å². The molecular formula is C60H40N2. The standard InChI is InChI=1S/C60H40N2/c1-3-18-51-43(13-1)15-11-24-52(51)44-29-27-41(28-30-44)42-31-35-47(36-32-42)61(49-16-12-17-50(40-49)62-59-25-9-7-22-56(59)57-23-8-10-26-60(57)62)48-37-33-45(34-38-48)58-39-46-14-2-4-19-53(46)54-20-5-6-21-55(54)58/h1-40H. The van der Waals surface area contributed by atoms with Crippen molar-refractivity contribution in [3.63, 3.8) is 0 Å². The summed E-state index contributed by atoms with van der Waals surface area (Å²) in [4.78, 5) is 2.38. The molecule has 0 aliphatic heterocycles. The minimum absolute atomic E-state index is 1.08. The van der Waals surface area contributed by atoms with Gasteiger partial charge in [0.15, 0.2) is 0 Å². The summed E-state index contributed by atoms with van der Waals surface area (Å²) < 4.78 is 2.39. The molecule has 0 unspecified atom stereocenters. The van der Waals surface area contributed by atoms with Crippen molar-refractivity contribution in [3.05, 3.63) is 243 Å². The molecule has 62 heavy (non-hydrogen) atoms. The largest absolute Gasteiger partial charge is 0.310 e. The molecule has 290 valence electrons. The van der Waals surface area contributed by atoms with E-state index in [0.29, 0.717) is 0 Å². The molecule has 0 aliphatic carbocycles. The first kappa shape index (κ1) is 35.7. The predicted octanol–water partition coefficient (Wildman–Crippen LogP) is 16.7. The topological polar surface area (TPSA) is 8.17 Å². The predicted molar refractivity (Wildman–Crippen MR) is 264 cm³/mol. The molecule has 0 bridgehead atoms. The number of aromatic nitrogens is 1. The van der Waals surface area contributed by atoms with E-state index in [1.165, 1.54) is 87.5 Å². The number of hydrogen-bond acceptors (Lipinski definition) is 1. The highest BCUT2D eigenvalue weighted by molar-refractivity contribution is 6.14. The van der Waals surface area contributed by atoms with Gasteiger partial charge in [-0.25, -0.2) is 0 Å².